The molecule has 0 saturated carbocycles. The summed E-state index contributed by atoms with van der Waals surface area (Å²) >= 11 is 0. The number of hydrogen-bond donors (Lipinski definition) is 0. The zero-order chi connectivity index (χ0) is 12.3. The molecule has 3 nitrogen and oxygen atoms in total. The fourth-order valence-corrected chi connectivity index (χ4v) is 4.02. The van der Waals surface area contributed by atoms with Gasteiger partial charge < -0.3 is 4.74 Å². The summed E-state index contributed by atoms with van der Waals surface area (Å²) in [6.07, 6.45) is 2.12. The quantitative estimate of drug-likeness (QED) is 0.709. The molecule has 0 spiro atoms. The summed E-state index contributed by atoms with van der Waals surface area (Å²) in [5.41, 5.74) is -0.182. The predicted molar refractivity (Wildman–Crippen MR) is 63.8 cm³/mol. The van der Waals surface area contributed by atoms with Gasteiger partial charge in [0.25, 0.3) is 0 Å². The SMILES string of the molecule is COCC(C)(C)CC(C)(C)CS(C)(=O)=O. The van der Waals surface area contributed by atoms with Gasteiger partial charge >= 0.3 is 0 Å². The molecule has 0 aliphatic carbocycles. The third-order valence-electron chi connectivity index (χ3n) is 2.15. The van der Waals surface area contributed by atoms with Crippen molar-refractivity contribution in [1.29, 1.82) is 0 Å². The Morgan fingerprint density at radius 2 is 1.53 bits per heavy atom. The maximum atomic E-state index is 11.3. The molecule has 0 N–H and O–H groups in total. The highest BCUT2D eigenvalue weighted by atomic mass is 32.2. The summed E-state index contributed by atoms with van der Waals surface area (Å²) in [5, 5.41) is 0. The Labute approximate surface area is 94.1 Å². The van der Waals surface area contributed by atoms with Crippen LogP contribution in [0.2, 0.25) is 0 Å². The molecule has 0 fully saturated rings. The van der Waals surface area contributed by atoms with E-state index in [4.69, 9.17) is 4.74 Å². The van der Waals surface area contributed by atoms with Crippen LogP contribution in [0.1, 0.15) is 34.1 Å². The topological polar surface area (TPSA) is 43.4 Å². The number of hydrogen-bond acceptors (Lipinski definition) is 3. The van der Waals surface area contributed by atoms with Crippen LogP contribution in [0.4, 0.5) is 0 Å². The first-order valence-corrected chi connectivity index (χ1v) is 7.20. The minimum absolute atomic E-state index is 0.0168. The van der Waals surface area contributed by atoms with E-state index < -0.39 is 9.84 Å². The molecule has 0 heterocycles. The van der Waals surface area contributed by atoms with Crippen molar-refractivity contribution in [3.8, 4) is 0 Å². The van der Waals surface area contributed by atoms with Crippen molar-refractivity contribution >= 4 is 9.84 Å². The van der Waals surface area contributed by atoms with E-state index in [2.05, 4.69) is 13.8 Å². The maximum absolute atomic E-state index is 11.3. The van der Waals surface area contributed by atoms with Crippen LogP contribution in [0.3, 0.4) is 0 Å². The molecule has 0 atom stereocenters. The van der Waals surface area contributed by atoms with Crippen LogP contribution in [0.15, 0.2) is 0 Å². The average Bonchev–Trinajstić information content (AvgIpc) is 1.74. The lowest BCUT2D eigenvalue weighted by Gasteiger charge is -2.33. The Kier molecular flexibility index (Phi) is 4.80. The molecule has 0 aromatic carbocycles. The van der Waals surface area contributed by atoms with E-state index in [-0.39, 0.29) is 16.6 Å². The first kappa shape index (κ1) is 14.9. The number of sulfone groups is 1. The lowest BCUT2D eigenvalue weighted by molar-refractivity contribution is 0.0730. The Morgan fingerprint density at radius 3 is 1.87 bits per heavy atom. The maximum Gasteiger partial charge on any atom is 0.147 e. The highest BCUT2D eigenvalue weighted by molar-refractivity contribution is 7.90. The van der Waals surface area contributed by atoms with Crippen molar-refractivity contribution in [1.82, 2.24) is 0 Å². The monoisotopic (exact) mass is 236 g/mol. The standard InChI is InChI=1S/C11H24O3S/c1-10(2,8-14-5)7-11(3,4)9-15(6,12)13/h7-9H2,1-6H3. The Balaban J connectivity index is 4.50. The minimum Gasteiger partial charge on any atom is -0.384 e. The molecule has 0 aliphatic rings. The van der Waals surface area contributed by atoms with E-state index in [9.17, 15) is 8.42 Å². The summed E-state index contributed by atoms with van der Waals surface area (Å²) in [6, 6.07) is 0. The van der Waals surface area contributed by atoms with Gasteiger partial charge in [0.15, 0.2) is 0 Å². The van der Waals surface area contributed by atoms with Gasteiger partial charge in [-0.25, -0.2) is 8.42 Å². The van der Waals surface area contributed by atoms with E-state index in [1.54, 1.807) is 7.11 Å². The molecule has 0 aromatic rings. The molecule has 0 aromatic heterocycles. The van der Waals surface area contributed by atoms with Gasteiger partial charge in [-0.1, -0.05) is 27.7 Å². The van der Waals surface area contributed by atoms with Crippen LogP contribution in [-0.4, -0.2) is 34.1 Å². The second-order valence-corrected chi connectivity index (χ2v) is 8.15. The van der Waals surface area contributed by atoms with Crippen LogP contribution >= 0.6 is 0 Å². The van der Waals surface area contributed by atoms with Gasteiger partial charge in [-0.05, 0) is 17.3 Å². The normalized spacial score (nSPS) is 14.3. The van der Waals surface area contributed by atoms with Crippen molar-refractivity contribution in [3.63, 3.8) is 0 Å². The second kappa shape index (κ2) is 4.83. The van der Waals surface area contributed by atoms with Gasteiger partial charge in [-0.3, -0.25) is 0 Å². The summed E-state index contributed by atoms with van der Waals surface area (Å²) in [5.74, 6) is 0.229. The molecule has 92 valence electrons. The Hall–Kier alpha value is -0.0900. The smallest absolute Gasteiger partial charge is 0.147 e. The van der Waals surface area contributed by atoms with Gasteiger partial charge in [-0.15, -0.1) is 0 Å². The lowest BCUT2D eigenvalue weighted by Crippen LogP contribution is -2.31. The molecule has 15 heavy (non-hydrogen) atoms. The fraction of sp³-hybridized carbons (Fsp3) is 1.00. The highest BCUT2D eigenvalue weighted by Gasteiger charge is 2.31. The number of rotatable bonds is 6. The van der Waals surface area contributed by atoms with Gasteiger partial charge in [0.1, 0.15) is 9.84 Å². The summed E-state index contributed by atoms with van der Waals surface area (Å²) in [6.45, 7) is 8.83. The second-order valence-electron chi connectivity index (χ2n) is 6.01. The van der Waals surface area contributed by atoms with Crippen molar-refractivity contribution in [2.75, 3.05) is 25.7 Å². The molecule has 0 radical (unpaired) electrons. The molecule has 0 amide bonds. The van der Waals surface area contributed by atoms with Gasteiger partial charge in [-0.2, -0.15) is 0 Å². The van der Waals surface area contributed by atoms with E-state index in [1.807, 2.05) is 13.8 Å². The Morgan fingerprint density at radius 1 is 1.07 bits per heavy atom. The molecule has 0 unspecified atom stereocenters. The van der Waals surface area contributed by atoms with E-state index >= 15 is 0 Å². The van der Waals surface area contributed by atoms with E-state index in [0.29, 0.717) is 6.61 Å². The average molecular weight is 236 g/mol. The fourth-order valence-electron chi connectivity index (χ4n) is 2.50. The zero-order valence-electron chi connectivity index (χ0n) is 10.8. The van der Waals surface area contributed by atoms with E-state index in [1.165, 1.54) is 6.26 Å². The Bertz CT molecular complexity index is 289. The van der Waals surface area contributed by atoms with Crippen LogP contribution in [0.25, 0.3) is 0 Å². The molecule has 0 aliphatic heterocycles. The third kappa shape index (κ3) is 7.79. The van der Waals surface area contributed by atoms with E-state index in [0.717, 1.165) is 6.42 Å². The molecule has 0 bridgehead atoms. The zero-order valence-corrected chi connectivity index (χ0v) is 11.6. The molecule has 0 rings (SSSR count). The van der Waals surface area contributed by atoms with Crippen LogP contribution in [0, 0.1) is 10.8 Å². The summed E-state index contributed by atoms with van der Waals surface area (Å²) < 4.78 is 27.7. The summed E-state index contributed by atoms with van der Waals surface area (Å²) in [7, 11) is -1.24. The third-order valence-corrected chi connectivity index (χ3v) is 3.45. The molecule has 4 heteroatoms. The van der Waals surface area contributed by atoms with Crippen LogP contribution < -0.4 is 0 Å². The van der Waals surface area contributed by atoms with Gasteiger partial charge in [0.05, 0.1) is 12.4 Å². The number of methoxy groups -OCH3 is 1. The first-order valence-electron chi connectivity index (χ1n) is 5.14. The van der Waals surface area contributed by atoms with Crippen molar-refractivity contribution in [2.45, 2.75) is 34.1 Å². The van der Waals surface area contributed by atoms with Crippen LogP contribution in [0.5, 0.6) is 0 Å². The van der Waals surface area contributed by atoms with Gasteiger partial charge in [0, 0.05) is 13.4 Å². The summed E-state index contributed by atoms with van der Waals surface area (Å²) in [4.78, 5) is 0. The van der Waals surface area contributed by atoms with Crippen molar-refractivity contribution in [3.05, 3.63) is 0 Å². The van der Waals surface area contributed by atoms with Crippen LogP contribution in [-0.2, 0) is 14.6 Å². The molecular weight excluding hydrogens is 212 g/mol. The lowest BCUT2D eigenvalue weighted by atomic mass is 9.77. The highest BCUT2D eigenvalue weighted by Crippen LogP contribution is 2.34. The first-order chi connectivity index (χ1) is 6.47. The molecular formula is C11H24O3S. The molecule has 0 saturated heterocycles. The van der Waals surface area contributed by atoms with Crippen molar-refractivity contribution in [2.24, 2.45) is 10.8 Å². The predicted octanol–water partition coefficient (Wildman–Crippen LogP) is 2.12. The number of ether oxygens (including phenoxy) is 1. The van der Waals surface area contributed by atoms with Crippen molar-refractivity contribution < 1.29 is 13.2 Å². The largest absolute Gasteiger partial charge is 0.384 e. The van der Waals surface area contributed by atoms with Gasteiger partial charge in [0.2, 0.25) is 0 Å². The minimum atomic E-state index is -2.91.